The van der Waals surface area contributed by atoms with Crippen molar-refractivity contribution in [3.8, 4) is 0 Å². The number of nitrogens with one attached hydrogen (secondary N) is 2. The zero-order valence-electron chi connectivity index (χ0n) is 6.84. The second-order valence-electron chi connectivity index (χ2n) is 2.49. The molecule has 0 aliphatic carbocycles. The Balaban J connectivity index is 3.31. The topological polar surface area (TPSA) is 105 Å². The van der Waals surface area contributed by atoms with Crippen LogP contribution in [-0.4, -0.2) is 24.3 Å². The number of ketones is 1. The Kier molecular flexibility index (Phi) is 5.03. The van der Waals surface area contributed by atoms with Crippen LogP contribution in [0.1, 0.15) is 12.8 Å². The zero-order valence-corrected chi connectivity index (χ0v) is 6.84. The first kappa shape index (κ1) is 10.9. The van der Waals surface area contributed by atoms with E-state index in [4.69, 9.17) is 23.8 Å². The van der Waals surface area contributed by atoms with E-state index in [2.05, 4.69) is 5.32 Å². The quantitative estimate of drug-likeness (QED) is 0.238. The maximum atomic E-state index is 10.4. The van der Waals surface area contributed by atoms with Gasteiger partial charge in [0.2, 0.25) is 0 Å². The highest BCUT2D eigenvalue weighted by Gasteiger charge is 2.06. The molecule has 0 bridgehead atoms. The van der Waals surface area contributed by atoms with E-state index >= 15 is 0 Å². The smallest absolute Gasteiger partial charge is 0.185 e. The molecule has 0 amide bonds. The monoisotopic (exact) mass is 170 g/mol. The third kappa shape index (κ3) is 5.67. The van der Waals surface area contributed by atoms with Crippen molar-refractivity contribution in [3.63, 3.8) is 0 Å². The Morgan fingerprint density at radius 2 is 2.25 bits per heavy atom. The van der Waals surface area contributed by atoms with E-state index < -0.39 is 11.8 Å². The van der Waals surface area contributed by atoms with Crippen molar-refractivity contribution in [2.24, 2.45) is 11.5 Å². The van der Waals surface area contributed by atoms with Crippen molar-refractivity contribution in [2.75, 3.05) is 6.54 Å². The lowest BCUT2D eigenvalue weighted by molar-refractivity contribution is -0.116. The summed E-state index contributed by atoms with van der Waals surface area (Å²) in [7, 11) is 0. The molecule has 0 aliphatic rings. The van der Waals surface area contributed by atoms with Gasteiger partial charge < -0.3 is 16.8 Å². The van der Waals surface area contributed by atoms with Crippen LogP contribution in [0, 0.1) is 12.3 Å². The maximum Gasteiger partial charge on any atom is 0.185 e. The predicted octanol–water partition coefficient (Wildman–Crippen LogP) is -1.14. The minimum absolute atomic E-state index is 0.0809. The summed E-state index contributed by atoms with van der Waals surface area (Å²) in [4.78, 5) is 10.4. The maximum absolute atomic E-state index is 10.4. The van der Waals surface area contributed by atoms with Gasteiger partial charge in [-0.1, -0.05) is 0 Å². The molecule has 0 rings (SSSR count). The molecule has 0 aromatic carbocycles. The van der Waals surface area contributed by atoms with Gasteiger partial charge in [-0.25, -0.2) is 0 Å². The molecule has 0 saturated carbocycles. The van der Waals surface area contributed by atoms with Gasteiger partial charge in [-0.15, -0.1) is 0 Å². The molecular formula is C7H14N4O. The summed E-state index contributed by atoms with van der Waals surface area (Å²) in [6.45, 7) is 5.46. The Morgan fingerprint density at radius 1 is 1.67 bits per heavy atom. The van der Waals surface area contributed by atoms with Gasteiger partial charge in [-0.2, -0.15) is 0 Å². The van der Waals surface area contributed by atoms with Crippen LogP contribution in [-0.2, 0) is 4.79 Å². The van der Waals surface area contributed by atoms with Crippen molar-refractivity contribution in [2.45, 2.75) is 18.9 Å². The van der Waals surface area contributed by atoms with Crippen molar-refractivity contribution in [1.29, 1.82) is 5.41 Å². The lowest BCUT2D eigenvalue weighted by Gasteiger charge is -2.07. The van der Waals surface area contributed by atoms with E-state index in [1.54, 1.807) is 0 Å². The number of rotatable bonds is 5. The molecule has 68 valence electrons. The van der Waals surface area contributed by atoms with E-state index in [1.165, 1.54) is 0 Å². The van der Waals surface area contributed by atoms with Gasteiger partial charge in [0, 0.05) is 13.5 Å². The Labute approximate surface area is 72.0 Å². The van der Waals surface area contributed by atoms with Gasteiger partial charge in [0.25, 0.3) is 0 Å². The van der Waals surface area contributed by atoms with E-state index in [0.717, 1.165) is 0 Å². The number of carbonyl (C=O) groups excluding carboxylic acids is 1. The summed E-state index contributed by atoms with van der Waals surface area (Å²) in [6, 6.07) is -0.598. The largest absolute Gasteiger partial charge is 0.370 e. The Morgan fingerprint density at radius 3 is 2.67 bits per heavy atom. The van der Waals surface area contributed by atoms with Crippen molar-refractivity contribution in [3.05, 3.63) is 6.92 Å². The molecule has 2 radical (unpaired) electrons. The minimum Gasteiger partial charge on any atom is -0.370 e. The first-order valence-electron chi connectivity index (χ1n) is 3.67. The third-order valence-electron chi connectivity index (χ3n) is 1.37. The van der Waals surface area contributed by atoms with Crippen LogP contribution in [0.2, 0.25) is 0 Å². The summed E-state index contributed by atoms with van der Waals surface area (Å²) < 4.78 is 0. The van der Waals surface area contributed by atoms with Crippen LogP contribution < -0.4 is 16.8 Å². The molecule has 12 heavy (non-hydrogen) atoms. The van der Waals surface area contributed by atoms with Crippen molar-refractivity contribution >= 4 is 11.7 Å². The van der Waals surface area contributed by atoms with Crippen LogP contribution in [0.5, 0.6) is 0 Å². The first-order valence-corrected chi connectivity index (χ1v) is 3.67. The molecule has 0 aromatic heterocycles. The average Bonchev–Trinajstić information content (AvgIpc) is 1.97. The number of carbonyl (C=O) groups is 1. The molecule has 0 aromatic rings. The molecule has 5 heteroatoms. The lowest BCUT2D eigenvalue weighted by atomic mass is 10.1. The van der Waals surface area contributed by atoms with E-state index in [1.807, 2.05) is 0 Å². The second-order valence-corrected chi connectivity index (χ2v) is 2.49. The number of hydrogen-bond donors (Lipinski definition) is 4. The van der Waals surface area contributed by atoms with Crippen LogP contribution in [0.15, 0.2) is 0 Å². The third-order valence-corrected chi connectivity index (χ3v) is 1.37. The fourth-order valence-corrected chi connectivity index (χ4v) is 0.687. The molecule has 0 spiro atoms. The van der Waals surface area contributed by atoms with Crippen LogP contribution >= 0.6 is 0 Å². The first-order chi connectivity index (χ1) is 5.54. The lowest BCUT2D eigenvalue weighted by Crippen LogP contribution is -2.33. The van der Waals surface area contributed by atoms with Gasteiger partial charge >= 0.3 is 0 Å². The molecule has 0 fully saturated rings. The minimum atomic E-state index is -0.598. The predicted molar refractivity (Wildman–Crippen MR) is 46.4 cm³/mol. The SMILES string of the molecule is [CH]C(=O)[C@@H](N)CCCNC(=N)N. The summed E-state index contributed by atoms with van der Waals surface area (Å²) in [5, 5.41) is 9.40. The average molecular weight is 170 g/mol. The van der Waals surface area contributed by atoms with Crippen LogP contribution in [0.25, 0.3) is 0 Å². The fraction of sp³-hybridized carbons (Fsp3) is 0.571. The summed E-state index contributed by atoms with van der Waals surface area (Å²) >= 11 is 0. The molecule has 5 nitrogen and oxygen atoms in total. The van der Waals surface area contributed by atoms with Crippen molar-refractivity contribution < 1.29 is 4.79 Å². The molecule has 0 saturated heterocycles. The number of guanidine groups is 1. The van der Waals surface area contributed by atoms with Gasteiger partial charge in [0.05, 0.1) is 6.04 Å². The van der Waals surface area contributed by atoms with E-state index in [0.29, 0.717) is 19.4 Å². The highest BCUT2D eigenvalue weighted by molar-refractivity contribution is 5.87. The molecule has 1 atom stereocenters. The zero-order chi connectivity index (χ0) is 9.56. The van der Waals surface area contributed by atoms with Gasteiger partial charge in [0.1, 0.15) is 0 Å². The Hall–Kier alpha value is -1.10. The second kappa shape index (κ2) is 5.54. The van der Waals surface area contributed by atoms with Crippen LogP contribution in [0.3, 0.4) is 0 Å². The highest BCUT2D eigenvalue weighted by atomic mass is 16.1. The fourth-order valence-electron chi connectivity index (χ4n) is 0.687. The van der Waals surface area contributed by atoms with E-state index in [-0.39, 0.29) is 5.96 Å². The number of hydrogen-bond acceptors (Lipinski definition) is 3. The summed E-state index contributed by atoms with van der Waals surface area (Å²) in [5.74, 6) is -0.583. The van der Waals surface area contributed by atoms with Gasteiger partial charge in [-0.3, -0.25) is 10.2 Å². The molecule has 6 N–H and O–H groups in total. The number of nitrogens with two attached hydrogens (primary N) is 2. The Bertz CT molecular complexity index is 169. The van der Waals surface area contributed by atoms with Gasteiger partial charge in [-0.05, 0) is 12.8 Å². The number of Topliss-reactive ketones (excluding diaryl/α,β-unsaturated/α-hetero) is 1. The molecule has 0 aliphatic heterocycles. The van der Waals surface area contributed by atoms with E-state index in [9.17, 15) is 4.79 Å². The molecular weight excluding hydrogens is 156 g/mol. The normalized spacial score (nSPS) is 12.2. The summed E-state index contributed by atoms with van der Waals surface area (Å²) in [6.07, 6.45) is 1.18. The molecule has 0 unspecified atom stereocenters. The van der Waals surface area contributed by atoms with Gasteiger partial charge in [0.15, 0.2) is 11.7 Å². The highest BCUT2D eigenvalue weighted by Crippen LogP contribution is 1.93. The van der Waals surface area contributed by atoms with Crippen LogP contribution in [0.4, 0.5) is 0 Å². The van der Waals surface area contributed by atoms with Crippen molar-refractivity contribution in [1.82, 2.24) is 5.32 Å². The summed E-state index contributed by atoms with van der Waals surface area (Å²) in [5.41, 5.74) is 10.4. The standard InChI is InChI=1S/C7H14N4O/c1-5(12)6(8)3-2-4-11-7(9)10/h1,6H,2-4,8H2,(H4,9,10,11)/t6-/m0/s1. The molecule has 0 heterocycles.